The summed E-state index contributed by atoms with van der Waals surface area (Å²) in [5.74, 6) is 0.0111. The second-order valence-electron chi connectivity index (χ2n) is 17.7. The van der Waals surface area contributed by atoms with Crippen molar-refractivity contribution in [2.45, 2.75) is 224 Å². The zero-order valence-corrected chi connectivity index (χ0v) is 38.2. The topological polar surface area (TPSA) is 29.5 Å². The number of benzene rings is 2. The van der Waals surface area contributed by atoms with Crippen LogP contribution < -0.4 is 0 Å². The molecular weight excluding hydrogens is 707 g/mol. The number of rotatable bonds is 41. The first kappa shape index (κ1) is 51.5. The number of hydrogen-bond acceptors (Lipinski definition) is 3. The Hall–Kier alpha value is -2.65. The normalized spacial score (nSPS) is 11.9. The molecule has 0 N–H and O–H groups in total. The molecule has 0 aliphatic heterocycles. The van der Waals surface area contributed by atoms with Gasteiger partial charge in [0.1, 0.15) is 6.10 Å². The van der Waals surface area contributed by atoms with E-state index in [-0.39, 0.29) is 12.1 Å². The van der Waals surface area contributed by atoms with E-state index in [2.05, 4.69) is 104 Å². The molecule has 0 atom stereocenters. The molecule has 3 nitrogen and oxygen atoms in total. The van der Waals surface area contributed by atoms with Gasteiger partial charge in [-0.2, -0.15) is 0 Å². The number of carbonyl (C=O) groups is 1. The molecule has 0 heterocycles. The zero-order chi connectivity index (χ0) is 41.2. The van der Waals surface area contributed by atoms with E-state index in [1.165, 1.54) is 204 Å². The quantitative estimate of drug-likeness (QED) is 0.0381. The predicted molar refractivity (Wildman–Crippen MR) is 255 cm³/mol. The number of nitrogens with zero attached hydrogens (tertiary/aromatic N) is 1. The summed E-state index contributed by atoms with van der Waals surface area (Å²) >= 11 is 0. The van der Waals surface area contributed by atoms with Gasteiger partial charge in [0, 0.05) is 6.42 Å². The highest BCUT2D eigenvalue weighted by molar-refractivity contribution is 5.69. The third-order valence-electron chi connectivity index (χ3n) is 11.8. The molecule has 0 saturated heterocycles. The van der Waals surface area contributed by atoms with Crippen LogP contribution in [0.15, 0.2) is 85.0 Å². The van der Waals surface area contributed by atoms with E-state index in [0.29, 0.717) is 6.42 Å². The van der Waals surface area contributed by atoms with Gasteiger partial charge in [0.15, 0.2) is 0 Å². The van der Waals surface area contributed by atoms with Gasteiger partial charge in [-0.3, -0.25) is 4.79 Å². The van der Waals surface area contributed by atoms with Crippen molar-refractivity contribution in [2.75, 3.05) is 20.6 Å². The fraction of sp³-hybridized carbons (Fsp3) is 0.691. The van der Waals surface area contributed by atoms with Gasteiger partial charge in [0.25, 0.3) is 0 Å². The summed E-state index contributed by atoms with van der Waals surface area (Å²) in [5, 5.41) is 0. The van der Waals surface area contributed by atoms with E-state index in [0.717, 1.165) is 25.8 Å². The first-order chi connectivity index (χ1) is 28.6. The van der Waals surface area contributed by atoms with Crippen LogP contribution in [0.25, 0.3) is 0 Å². The standard InChI is InChI=1S/C55H91NO2/c1-56(2)51-41-50-55(57)58-54(48-39-29-25-21-17-13-9-5-3-7-11-15-19-23-27-33-42-52-44-35-31-36-45-52)49-40-30-26-22-18-14-10-6-4-8-12-16-20-24-28-34-43-53-46-37-32-38-47-53/h3-6,31-32,35-38,44-47,54H,7-30,33-34,39-43,48-51H2,1-2H3/b5-3-,6-4-. The van der Waals surface area contributed by atoms with Crippen molar-refractivity contribution in [1.29, 1.82) is 0 Å². The van der Waals surface area contributed by atoms with Gasteiger partial charge in [-0.15, -0.1) is 0 Å². The van der Waals surface area contributed by atoms with E-state index in [9.17, 15) is 4.79 Å². The van der Waals surface area contributed by atoms with E-state index in [4.69, 9.17) is 4.74 Å². The molecule has 0 fully saturated rings. The molecule has 328 valence electrons. The van der Waals surface area contributed by atoms with Crippen molar-refractivity contribution < 1.29 is 9.53 Å². The summed E-state index contributed by atoms with van der Waals surface area (Å²) in [6.07, 6.45) is 52.6. The van der Waals surface area contributed by atoms with Crippen LogP contribution in [0, 0.1) is 0 Å². The van der Waals surface area contributed by atoms with Crippen LogP contribution in [0.2, 0.25) is 0 Å². The minimum atomic E-state index is 0.0111. The lowest BCUT2D eigenvalue weighted by atomic mass is 10.0. The van der Waals surface area contributed by atoms with Gasteiger partial charge in [-0.25, -0.2) is 0 Å². The summed E-state index contributed by atoms with van der Waals surface area (Å²) in [4.78, 5) is 14.8. The molecule has 0 unspecified atom stereocenters. The molecule has 0 amide bonds. The molecule has 0 bridgehead atoms. The van der Waals surface area contributed by atoms with Gasteiger partial charge in [-0.1, -0.05) is 188 Å². The molecule has 2 aromatic carbocycles. The van der Waals surface area contributed by atoms with E-state index in [1.807, 2.05) is 0 Å². The molecule has 0 aromatic heterocycles. The van der Waals surface area contributed by atoms with Gasteiger partial charge < -0.3 is 9.64 Å². The molecule has 0 saturated carbocycles. The number of ether oxygens (including phenoxy) is 1. The Labute approximate surface area is 360 Å². The highest BCUT2D eigenvalue weighted by Gasteiger charge is 2.14. The van der Waals surface area contributed by atoms with E-state index < -0.39 is 0 Å². The maximum atomic E-state index is 12.6. The molecule has 0 aliphatic carbocycles. The smallest absolute Gasteiger partial charge is 0.306 e. The summed E-state index contributed by atoms with van der Waals surface area (Å²) in [6.45, 7) is 0.942. The van der Waals surface area contributed by atoms with Crippen LogP contribution in [0.4, 0.5) is 0 Å². The number of aryl methyl sites for hydroxylation is 2. The predicted octanol–water partition coefficient (Wildman–Crippen LogP) is 16.5. The lowest BCUT2D eigenvalue weighted by molar-refractivity contribution is -0.150. The van der Waals surface area contributed by atoms with Crippen LogP contribution in [-0.4, -0.2) is 37.6 Å². The summed E-state index contributed by atoms with van der Waals surface area (Å²) in [6, 6.07) is 21.8. The number of hydrogen-bond donors (Lipinski definition) is 0. The maximum absolute atomic E-state index is 12.6. The van der Waals surface area contributed by atoms with Gasteiger partial charge in [0.05, 0.1) is 0 Å². The average Bonchev–Trinajstić information content (AvgIpc) is 3.23. The molecule has 3 heteroatoms. The molecular formula is C55H91NO2. The third kappa shape index (κ3) is 34.2. The molecule has 0 aliphatic rings. The highest BCUT2D eigenvalue weighted by Crippen LogP contribution is 2.19. The zero-order valence-electron chi connectivity index (χ0n) is 38.2. The van der Waals surface area contributed by atoms with Crippen molar-refractivity contribution in [1.82, 2.24) is 4.90 Å². The molecule has 0 radical (unpaired) electrons. The molecule has 0 spiro atoms. The van der Waals surface area contributed by atoms with Crippen LogP contribution >= 0.6 is 0 Å². The molecule has 2 rings (SSSR count). The number of carbonyl (C=O) groups excluding carboxylic acids is 1. The lowest BCUT2D eigenvalue weighted by Crippen LogP contribution is -2.20. The van der Waals surface area contributed by atoms with Crippen molar-refractivity contribution in [3.8, 4) is 0 Å². The minimum absolute atomic E-state index is 0.0111. The average molecular weight is 798 g/mol. The summed E-state index contributed by atoms with van der Waals surface area (Å²) < 4.78 is 6.05. The Morgan fingerprint density at radius 1 is 0.448 bits per heavy atom. The van der Waals surface area contributed by atoms with Crippen LogP contribution in [0.3, 0.4) is 0 Å². The number of unbranched alkanes of at least 4 members (excludes halogenated alkanes) is 24. The first-order valence-electron chi connectivity index (χ1n) is 24.9. The first-order valence-corrected chi connectivity index (χ1v) is 24.9. The largest absolute Gasteiger partial charge is 0.462 e. The minimum Gasteiger partial charge on any atom is -0.462 e. The van der Waals surface area contributed by atoms with Crippen LogP contribution in [0.5, 0.6) is 0 Å². The Morgan fingerprint density at radius 2 is 0.776 bits per heavy atom. The molecule has 58 heavy (non-hydrogen) atoms. The monoisotopic (exact) mass is 798 g/mol. The van der Waals surface area contributed by atoms with Gasteiger partial charge in [-0.05, 0) is 141 Å². The van der Waals surface area contributed by atoms with Crippen molar-refractivity contribution in [3.05, 3.63) is 96.1 Å². The maximum Gasteiger partial charge on any atom is 0.306 e. The highest BCUT2D eigenvalue weighted by atomic mass is 16.5. The fourth-order valence-electron chi connectivity index (χ4n) is 8.09. The Kier molecular flexibility index (Phi) is 35.3. The fourth-order valence-corrected chi connectivity index (χ4v) is 8.09. The van der Waals surface area contributed by atoms with E-state index in [1.54, 1.807) is 0 Å². The van der Waals surface area contributed by atoms with Crippen LogP contribution in [0.1, 0.15) is 217 Å². The lowest BCUT2D eigenvalue weighted by Gasteiger charge is -2.18. The van der Waals surface area contributed by atoms with Crippen molar-refractivity contribution >= 4 is 5.97 Å². The van der Waals surface area contributed by atoms with E-state index >= 15 is 0 Å². The van der Waals surface area contributed by atoms with Crippen molar-refractivity contribution in [2.24, 2.45) is 0 Å². The summed E-state index contributed by atoms with van der Waals surface area (Å²) in [5.41, 5.74) is 2.97. The van der Waals surface area contributed by atoms with Crippen LogP contribution in [-0.2, 0) is 22.4 Å². The Balaban J connectivity index is 1.40. The third-order valence-corrected chi connectivity index (χ3v) is 11.8. The van der Waals surface area contributed by atoms with Crippen molar-refractivity contribution in [3.63, 3.8) is 0 Å². The Bertz CT molecular complexity index is 1120. The number of allylic oxidation sites excluding steroid dienone is 4. The molecule has 2 aromatic rings. The summed E-state index contributed by atoms with van der Waals surface area (Å²) in [7, 11) is 4.14. The Morgan fingerprint density at radius 3 is 1.14 bits per heavy atom. The second kappa shape index (κ2) is 39.8. The number of esters is 1. The van der Waals surface area contributed by atoms with Gasteiger partial charge >= 0.3 is 5.97 Å². The van der Waals surface area contributed by atoms with Gasteiger partial charge in [0.2, 0.25) is 0 Å². The SMILES string of the molecule is CN(C)CCCC(=O)OC(CCCCCCCC/C=C\CCCCCCCCc1ccccc1)CCCCCCCC/C=C\CCCCCCCCc1ccccc1. The second-order valence-corrected chi connectivity index (χ2v) is 17.7.